The molecule has 0 saturated heterocycles. The Balaban J connectivity index is 2.08. The lowest BCUT2D eigenvalue weighted by atomic mass is 10.0. The van der Waals surface area contributed by atoms with Crippen LogP contribution in [-0.4, -0.2) is 22.8 Å². The molecule has 0 fully saturated rings. The molecule has 2 rings (SSSR count). The number of thiazole rings is 1. The summed E-state index contributed by atoms with van der Waals surface area (Å²) in [5.74, 6) is -1.33. The molecule has 2 aromatic rings. The molecule has 2 N–H and O–H groups in total. The van der Waals surface area contributed by atoms with E-state index in [1.54, 1.807) is 38.1 Å². The minimum Gasteiger partial charge on any atom is -0.340 e. The van der Waals surface area contributed by atoms with Crippen LogP contribution in [0.1, 0.15) is 35.5 Å². The van der Waals surface area contributed by atoms with Crippen LogP contribution in [0.2, 0.25) is 0 Å². The van der Waals surface area contributed by atoms with E-state index in [1.165, 1.54) is 0 Å². The number of rotatable bonds is 5. The van der Waals surface area contributed by atoms with Gasteiger partial charge in [-0.15, -0.1) is 11.3 Å². The molecule has 0 aliphatic rings. The summed E-state index contributed by atoms with van der Waals surface area (Å²) in [5.41, 5.74) is 0.314. The third kappa shape index (κ3) is 5.04. The first-order valence-electron chi connectivity index (χ1n) is 7.79. The van der Waals surface area contributed by atoms with Crippen LogP contribution in [0.5, 0.6) is 0 Å². The van der Waals surface area contributed by atoms with Gasteiger partial charge in [0.1, 0.15) is 6.04 Å². The lowest BCUT2D eigenvalue weighted by Gasteiger charge is -2.21. The predicted molar refractivity (Wildman–Crippen MR) is 93.0 cm³/mol. The van der Waals surface area contributed by atoms with Gasteiger partial charge in [0.2, 0.25) is 5.91 Å². The van der Waals surface area contributed by atoms with Crippen LogP contribution >= 0.6 is 11.3 Å². The molecule has 1 unspecified atom stereocenters. The highest BCUT2D eigenvalue weighted by atomic mass is 32.1. The predicted octanol–water partition coefficient (Wildman–Crippen LogP) is 3.86. The van der Waals surface area contributed by atoms with E-state index in [1.807, 2.05) is 6.92 Å². The quantitative estimate of drug-likeness (QED) is 0.821. The van der Waals surface area contributed by atoms with Crippen molar-refractivity contribution in [1.82, 2.24) is 10.3 Å². The Hall–Kier alpha value is -2.42. The Labute approximate surface area is 152 Å². The van der Waals surface area contributed by atoms with E-state index in [2.05, 4.69) is 15.6 Å². The summed E-state index contributed by atoms with van der Waals surface area (Å²) in [6.07, 6.45) is -4.57. The Morgan fingerprint density at radius 3 is 2.27 bits per heavy atom. The van der Waals surface area contributed by atoms with E-state index >= 15 is 0 Å². The van der Waals surface area contributed by atoms with Crippen molar-refractivity contribution in [2.24, 2.45) is 5.92 Å². The Morgan fingerprint density at radius 2 is 1.77 bits per heavy atom. The number of aryl methyl sites for hydroxylation is 1. The lowest BCUT2D eigenvalue weighted by molar-refractivity contribution is -0.140. The summed E-state index contributed by atoms with van der Waals surface area (Å²) in [7, 11) is 0. The first-order chi connectivity index (χ1) is 12.1. The number of anilines is 1. The number of halogens is 3. The molecule has 1 atom stereocenters. The fraction of sp³-hybridized carbons (Fsp3) is 0.353. The molecule has 9 heteroatoms. The van der Waals surface area contributed by atoms with Gasteiger partial charge in [0, 0.05) is 10.9 Å². The molecule has 0 saturated carbocycles. The van der Waals surface area contributed by atoms with Crippen LogP contribution in [0.25, 0.3) is 0 Å². The first-order valence-corrected chi connectivity index (χ1v) is 8.67. The number of alkyl halides is 3. The van der Waals surface area contributed by atoms with Crippen molar-refractivity contribution in [1.29, 1.82) is 0 Å². The molecule has 0 aliphatic carbocycles. The second kappa shape index (κ2) is 7.86. The number of carbonyl (C=O) groups excluding carboxylic acids is 2. The molecule has 1 aromatic carbocycles. The summed E-state index contributed by atoms with van der Waals surface area (Å²) >= 11 is 0.675. The van der Waals surface area contributed by atoms with Gasteiger partial charge in [-0.1, -0.05) is 31.5 Å². The number of nitrogens with one attached hydrogen (secondary N) is 2. The Bertz CT molecular complexity index is 785. The van der Waals surface area contributed by atoms with E-state index in [4.69, 9.17) is 0 Å². The minimum atomic E-state index is -4.57. The average Bonchev–Trinajstić information content (AvgIpc) is 3.01. The number of carbonyl (C=O) groups is 2. The van der Waals surface area contributed by atoms with Crippen molar-refractivity contribution in [2.75, 3.05) is 5.32 Å². The number of benzene rings is 1. The van der Waals surface area contributed by atoms with Gasteiger partial charge in [0.05, 0.1) is 0 Å². The van der Waals surface area contributed by atoms with Gasteiger partial charge in [-0.25, -0.2) is 4.98 Å². The van der Waals surface area contributed by atoms with Crippen LogP contribution in [-0.2, 0) is 11.0 Å². The number of hydrogen-bond donors (Lipinski definition) is 2. The van der Waals surface area contributed by atoms with Crippen LogP contribution in [0, 0.1) is 12.8 Å². The molecular formula is C17H18F3N3O2S. The molecule has 0 aliphatic heterocycles. The van der Waals surface area contributed by atoms with Crippen molar-refractivity contribution in [3.8, 4) is 0 Å². The highest BCUT2D eigenvalue weighted by molar-refractivity contribution is 7.13. The summed E-state index contributed by atoms with van der Waals surface area (Å²) < 4.78 is 37.8. The van der Waals surface area contributed by atoms with Gasteiger partial charge in [0.25, 0.3) is 5.91 Å². The van der Waals surface area contributed by atoms with Gasteiger partial charge < -0.3 is 10.6 Å². The molecule has 0 bridgehead atoms. The van der Waals surface area contributed by atoms with Crippen molar-refractivity contribution in [3.63, 3.8) is 0 Å². The number of amides is 2. The second-order valence-electron chi connectivity index (χ2n) is 6.09. The van der Waals surface area contributed by atoms with Gasteiger partial charge >= 0.3 is 6.18 Å². The molecule has 1 aromatic heterocycles. The van der Waals surface area contributed by atoms with Crippen LogP contribution in [0.4, 0.5) is 18.3 Å². The van der Waals surface area contributed by atoms with E-state index < -0.39 is 29.7 Å². The first kappa shape index (κ1) is 19.9. The summed E-state index contributed by atoms with van der Waals surface area (Å²) in [6, 6.07) is 5.90. The highest BCUT2D eigenvalue weighted by Gasteiger charge is 2.34. The third-order valence-electron chi connectivity index (χ3n) is 3.57. The standard InChI is InChI=1S/C17H18F3N3O2S/c1-9(2)13(22-14(24)11-6-4-10(3)5-7-11)15(25)23-16-21-12(8-26-16)17(18,19)20/h4-9,13H,1-3H3,(H,22,24)(H,21,23,25). The normalized spacial score (nSPS) is 12.7. The number of aromatic nitrogens is 1. The summed E-state index contributed by atoms with van der Waals surface area (Å²) in [4.78, 5) is 28.1. The molecule has 0 radical (unpaired) electrons. The van der Waals surface area contributed by atoms with Crippen molar-refractivity contribution in [3.05, 3.63) is 46.5 Å². The number of nitrogens with zero attached hydrogens (tertiary/aromatic N) is 1. The molecule has 0 spiro atoms. The fourth-order valence-corrected chi connectivity index (χ4v) is 2.83. The molecule has 2 amide bonds. The van der Waals surface area contributed by atoms with Gasteiger partial charge in [0.15, 0.2) is 10.8 Å². The largest absolute Gasteiger partial charge is 0.434 e. The van der Waals surface area contributed by atoms with Gasteiger partial charge in [-0.05, 0) is 25.0 Å². The zero-order valence-corrected chi connectivity index (χ0v) is 15.2. The van der Waals surface area contributed by atoms with Crippen molar-refractivity contribution >= 4 is 28.3 Å². The van der Waals surface area contributed by atoms with Crippen molar-refractivity contribution < 1.29 is 22.8 Å². The van der Waals surface area contributed by atoms with E-state index in [9.17, 15) is 22.8 Å². The van der Waals surface area contributed by atoms with E-state index in [0.717, 1.165) is 10.9 Å². The minimum absolute atomic E-state index is 0.169. The van der Waals surface area contributed by atoms with Gasteiger partial charge in [-0.3, -0.25) is 9.59 Å². The van der Waals surface area contributed by atoms with Crippen LogP contribution < -0.4 is 10.6 Å². The Kier molecular flexibility index (Phi) is 6.01. The highest BCUT2D eigenvalue weighted by Crippen LogP contribution is 2.31. The SMILES string of the molecule is Cc1ccc(C(=O)NC(C(=O)Nc2nc(C(F)(F)F)cs2)C(C)C)cc1. The second-order valence-corrected chi connectivity index (χ2v) is 6.94. The average molecular weight is 385 g/mol. The molecule has 5 nitrogen and oxygen atoms in total. The molecular weight excluding hydrogens is 367 g/mol. The maximum atomic E-state index is 12.6. The summed E-state index contributed by atoms with van der Waals surface area (Å²) in [5, 5.41) is 5.60. The lowest BCUT2D eigenvalue weighted by Crippen LogP contribution is -2.47. The van der Waals surface area contributed by atoms with Crippen LogP contribution in [0.15, 0.2) is 29.6 Å². The maximum Gasteiger partial charge on any atom is 0.434 e. The monoisotopic (exact) mass is 385 g/mol. The smallest absolute Gasteiger partial charge is 0.340 e. The molecule has 26 heavy (non-hydrogen) atoms. The zero-order valence-electron chi connectivity index (χ0n) is 14.3. The zero-order chi connectivity index (χ0) is 19.5. The van der Waals surface area contributed by atoms with Gasteiger partial charge in [-0.2, -0.15) is 13.2 Å². The van der Waals surface area contributed by atoms with Crippen LogP contribution in [0.3, 0.4) is 0 Å². The third-order valence-corrected chi connectivity index (χ3v) is 4.33. The fourth-order valence-electron chi connectivity index (χ4n) is 2.11. The van der Waals surface area contributed by atoms with Crippen molar-refractivity contribution in [2.45, 2.75) is 33.0 Å². The molecule has 1 heterocycles. The Morgan fingerprint density at radius 1 is 1.15 bits per heavy atom. The maximum absolute atomic E-state index is 12.6. The topological polar surface area (TPSA) is 71.1 Å². The molecule has 140 valence electrons. The van der Waals surface area contributed by atoms with E-state index in [-0.39, 0.29) is 11.0 Å². The van der Waals surface area contributed by atoms with E-state index in [0.29, 0.717) is 16.9 Å². The number of hydrogen-bond acceptors (Lipinski definition) is 4. The summed E-state index contributed by atoms with van der Waals surface area (Å²) in [6.45, 7) is 5.33.